The summed E-state index contributed by atoms with van der Waals surface area (Å²) >= 11 is 1.16. The van der Waals surface area contributed by atoms with E-state index in [0.29, 0.717) is 22.6 Å². The lowest BCUT2D eigenvalue weighted by atomic mass is 9.78. The summed E-state index contributed by atoms with van der Waals surface area (Å²) in [6, 6.07) is 5.09. The molecule has 0 unspecified atom stereocenters. The monoisotopic (exact) mass is 391 g/mol. The predicted molar refractivity (Wildman–Crippen MR) is 109 cm³/mol. The second-order valence-electron chi connectivity index (χ2n) is 7.41. The van der Waals surface area contributed by atoms with Crippen LogP contribution in [0, 0.1) is 0 Å². The number of ether oxygens (including phenoxy) is 1. The molecule has 1 saturated heterocycles. The van der Waals surface area contributed by atoms with Crippen molar-refractivity contribution in [2.24, 2.45) is 5.73 Å². The van der Waals surface area contributed by atoms with Crippen LogP contribution in [0.15, 0.2) is 23.7 Å². The van der Waals surface area contributed by atoms with Gasteiger partial charge in [0, 0.05) is 18.2 Å². The van der Waals surface area contributed by atoms with Crippen molar-refractivity contribution in [3.63, 3.8) is 0 Å². The molecule has 1 aliphatic rings. The fraction of sp³-hybridized carbons (Fsp3) is 0.474. The number of rotatable bonds is 6. The molecule has 0 spiro atoms. The maximum Gasteiger partial charge on any atom is 0.491 e. The van der Waals surface area contributed by atoms with Crippen molar-refractivity contribution >= 4 is 36.0 Å². The Morgan fingerprint density at radius 1 is 1.22 bits per heavy atom. The van der Waals surface area contributed by atoms with Gasteiger partial charge in [-0.3, -0.25) is 9.59 Å². The number of nitrogens with two attached hydrogens (primary N) is 1. The van der Waals surface area contributed by atoms with Crippen molar-refractivity contribution in [2.75, 3.05) is 12.9 Å². The predicted octanol–water partition coefficient (Wildman–Crippen LogP) is 3.09. The van der Waals surface area contributed by atoms with Gasteiger partial charge in [0.1, 0.15) is 5.75 Å². The van der Waals surface area contributed by atoms with Crippen LogP contribution in [0.3, 0.4) is 0 Å². The lowest BCUT2D eigenvalue weighted by molar-refractivity contribution is -0.109. The number of carbonyl (C=O) groups excluding carboxylic acids is 2. The normalized spacial score (nSPS) is 18.4. The highest BCUT2D eigenvalue weighted by Gasteiger charge is 2.52. The molecule has 27 heavy (non-hydrogen) atoms. The van der Waals surface area contributed by atoms with E-state index in [4.69, 9.17) is 19.8 Å². The van der Waals surface area contributed by atoms with E-state index in [9.17, 15) is 9.59 Å². The summed E-state index contributed by atoms with van der Waals surface area (Å²) in [5.74, 6) is 0.361. The summed E-state index contributed by atoms with van der Waals surface area (Å²) in [6.45, 7) is 9.36. The summed E-state index contributed by atoms with van der Waals surface area (Å²) in [4.78, 5) is 23.4. The maximum atomic E-state index is 11.9. The van der Waals surface area contributed by atoms with Gasteiger partial charge in [0.2, 0.25) is 5.91 Å². The lowest BCUT2D eigenvalue weighted by Crippen LogP contribution is -2.41. The topological polar surface area (TPSA) is 87.8 Å². The van der Waals surface area contributed by atoms with E-state index in [1.54, 1.807) is 24.3 Å². The first-order valence-corrected chi connectivity index (χ1v) is 9.62. The molecule has 8 heteroatoms. The Balaban J connectivity index is 2.46. The van der Waals surface area contributed by atoms with Crippen molar-refractivity contribution in [1.82, 2.24) is 0 Å². The molecule has 0 atom stereocenters. The Bertz CT molecular complexity index is 759. The largest absolute Gasteiger partial charge is 0.497 e. The number of hydrogen-bond donors (Lipinski definition) is 1. The van der Waals surface area contributed by atoms with Crippen molar-refractivity contribution in [3.05, 3.63) is 34.8 Å². The first-order valence-electron chi connectivity index (χ1n) is 8.64. The highest BCUT2D eigenvalue weighted by molar-refractivity contribution is 8.13. The molecule has 1 aliphatic heterocycles. The van der Waals surface area contributed by atoms with Gasteiger partial charge < -0.3 is 19.8 Å². The van der Waals surface area contributed by atoms with E-state index in [1.807, 2.05) is 27.7 Å². The van der Waals surface area contributed by atoms with Gasteiger partial charge in [0.15, 0.2) is 5.12 Å². The standard InChI is InChI=1S/C19H26BNO5S/c1-12(22)27-11-14(20-25-18(2,3)19(4,5)26-20)9-13-7-8-15(24-6)10-16(13)17(21)23/h7-10H,11H2,1-6H3,(H2,21,23). The highest BCUT2D eigenvalue weighted by Crippen LogP contribution is 2.39. The third-order valence-electron chi connectivity index (χ3n) is 4.86. The van der Waals surface area contributed by atoms with Crippen LogP contribution in [0.1, 0.15) is 50.5 Å². The molecule has 0 bridgehead atoms. The van der Waals surface area contributed by atoms with Crippen molar-refractivity contribution in [3.8, 4) is 5.75 Å². The quantitative estimate of drug-likeness (QED) is 0.750. The smallest absolute Gasteiger partial charge is 0.491 e. The van der Waals surface area contributed by atoms with E-state index >= 15 is 0 Å². The van der Waals surface area contributed by atoms with E-state index < -0.39 is 24.2 Å². The summed E-state index contributed by atoms with van der Waals surface area (Å²) < 4.78 is 17.4. The second-order valence-corrected chi connectivity index (χ2v) is 8.56. The molecular formula is C19H26BNO5S. The first kappa shape index (κ1) is 21.5. The van der Waals surface area contributed by atoms with Crippen LogP contribution in [-0.2, 0) is 14.1 Å². The Morgan fingerprint density at radius 3 is 2.30 bits per heavy atom. The van der Waals surface area contributed by atoms with Gasteiger partial charge in [-0.05, 0) is 50.9 Å². The Kier molecular flexibility index (Phi) is 6.45. The zero-order valence-electron chi connectivity index (χ0n) is 16.6. The summed E-state index contributed by atoms with van der Waals surface area (Å²) in [5, 5.41) is -0.0118. The van der Waals surface area contributed by atoms with Crippen LogP contribution in [0.25, 0.3) is 6.08 Å². The number of methoxy groups -OCH3 is 1. The van der Waals surface area contributed by atoms with E-state index in [-0.39, 0.29) is 5.12 Å². The highest BCUT2D eigenvalue weighted by atomic mass is 32.2. The molecule has 1 aromatic carbocycles. The number of carbonyl (C=O) groups is 2. The third kappa shape index (κ3) is 4.94. The van der Waals surface area contributed by atoms with Gasteiger partial charge in [0.25, 0.3) is 0 Å². The van der Waals surface area contributed by atoms with Crippen molar-refractivity contribution < 1.29 is 23.6 Å². The SMILES string of the molecule is COc1ccc(C=C(CSC(C)=O)B2OC(C)(C)C(C)(C)O2)c(C(N)=O)c1. The maximum absolute atomic E-state index is 11.9. The number of primary amides is 1. The van der Waals surface area contributed by atoms with Crippen LogP contribution in [-0.4, -0.2) is 42.2 Å². The van der Waals surface area contributed by atoms with E-state index in [1.165, 1.54) is 14.0 Å². The molecule has 2 N–H and O–H groups in total. The minimum atomic E-state index is -0.621. The van der Waals surface area contributed by atoms with Crippen LogP contribution in [0.2, 0.25) is 0 Å². The van der Waals surface area contributed by atoms with Crippen LogP contribution in [0.5, 0.6) is 5.75 Å². The molecule has 1 heterocycles. The Hall–Kier alpha value is -1.77. The van der Waals surface area contributed by atoms with Gasteiger partial charge in [-0.25, -0.2) is 0 Å². The minimum Gasteiger partial charge on any atom is -0.497 e. The first-order chi connectivity index (χ1) is 12.5. The number of amides is 1. The van der Waals surface area contributed by atoms with Crippen molar-refractivity contribution in [1.29, 1.82) is 0 Å². The van der Waals surface area contributed by atoms with Crippen LogP contribution < -0.4 is 10.5 Å². The lowest BCUT2D eigenvalue weighted by Gasteiger charge is -2.32. The second kappa shape index (κ2) is 8.08. The number of thioether (sulfide) groups is 1. The molecule has 1 amide bonds. The zero-order chi connectivity index (χ0) is 20.4. The van der Waals surface area contributed by atoms with Crippen LogP contribution >= 0.6 is 11.8 Å². The molecular weight excluding hydrogens is 365 g/mol. The average molecular weight is 391 g/mol. The molecule has 0 saturated carbocycles. The summed E-state index contributed by atoms with van der Waals surface area (Å²) in [7, 11) is 0.902. The van der Waals surface area contributed by atoms with Gasteiger partial charge in [0.05, 0.1) is 18.3 Å². The molecule has 1 aromatic rings. The average Bonchev–Trinajstić information content (AvgIpc) is 2.78. The summed E-state index contributed by atoms with van der Waals surface area (Å²) in [6.07, 6.45) is 1.80. The summed E-state index contributed by atoms with van der Waals surface area (Å²) in [5.41, 5.74) is 6.21. The molecule has 0 aromatic heterocycles. The van der Waals surface area contributed by atoms with Crippen LogP contribution in [0.4, 0.5) is 0 Å². The van der Waals surface area contributed by atoms with E-state index in [2.05, 4.69) is 0 Å². The molecule has 2 rings (SSSR count). The Morgan fingerprint density at radius 2 is 1.81 bits per heavy atom. The fourth-order valence-electron chi connectivity index (χ4n) is 2.56. The minimum absolute atomic E-state index is 0.0118. The molecule has 0 aliphatic carbocycles. The van der Waals surface area contributed by atoms with E-state index in [0.717, 1.165) is 17.2 Å². The molecule has 146 valence electrons. The molecule has 1 fully saturated rings. The van der Waals surface area contributed by atoms with Gasteiger partial charge in [-0.2, -0.15) is 0 Å². The number of benzene rings is 1. The molecule has 6 nitrogen and oxygen atoms in total. The zero-order valence-corrected chi connectivity index (χ0v) is 17.4. The van der Waals surface area contributed by atoms with Gasteiger partial charge in [-0.1, -0.05) is 23.9 Å². The fourth-order valence-corrected chi connectivity index (χ4v) is 3.15. The molecule has 0 radical (unpaired) electrons. The van der Waals surface area contributed by atoms with Gasteiger partial charge in [-0.15, -0.1) is 0 Å². The Labute approximate surface area is 164 Å². The third-order valence-corrected chi connectivity index (χ3v) is 5.75. The van der Waals surface area contributed by atoms with Gasteiger partial charge >= 0.3 is 7.12 Å². The number of hydrogen-bond acceptors (Lipinski definition) is 6. The van der Waals surface area contributed by atoms with Crippen molar-refractivity contribution in [2.45, 2.75) is 45.8 Å².